The molecule has 23 heavy (non-hydrogen) atoms. The van der Waals surface area contributed by atoms with Gasteiger partial charge in [-0.15, -0.1) is 0 Å². The number of H-pyrrole nitrogens is 1. The summed E-state index contributed by atoms with van der Waals surface area (Å²) in [5.41, 5.74) is 0.729. The van der Waals surface area contributed by atoms with E-state index in [1.807, 2.05) is 20.8 Å². The summed E-state index contributed by atoms with van der Waals surface area (Å²) in [4.78, 5) is 31.9. The fourth-order valence-corrected chi connectivity index (χ4v) is 3.09. The molecule has 1 fully saturated rings. The van der Waals surface area contributed by atoms with Crippen LogP contribution in [0.2, 0.25) is 0 Å². The average molecular weight is 320 g/mol. The lowest BCUT2D eigenvalue weighted by atomic mass is 9.77. The molecule has 0 spiro atoms. The summed E-state index contributed by atoms with van der Waals surface area (Å²) in [6, 6.07) is 0. The quantitative estimate of drug-likeness (QED) is 0.773. The van der Waals surface area contributed by atoms with Gasteiger partial charge < -0.3 is 15.6 Å². The van der Waals surface area contributed by atoms with Crippen LogP contribution in [0.25, 0.3) is 0 Å². The molecular weight excluding hydrogens is 292 g/mol. The number of nitrogens with zero attached hydrogens (tertiary/aromatic N) is 1. The van der Waals surface area contributed by atoms with Crippen LogP contribution in [0, 0.1) is 11.8 Å². The average Bonchev–Trinajstić information content (AvgIpc) is 2.98. The van der Waals surface area contributed by atoms with Gasteiger partial charge in [0.2, 0.25) is 11.8 Å². The zero-order valence-electron chi connectivity index (χ0n) is 14.3. The molecule has 0 unspecified atom stereocenters. The Hall–Kier alpha value is -1.85. The molecule has 1 aromatic rings. The highest BCUT2D eigenvalue weighted by Crippen LogP contribution is 2.30. The number of hydrogen-bond donors (Lipinski definition) is 3. The van der Waals surface area contributed by atoms with E-state index in [-0.39, 0.29) is 29.2 Å². The molecular formula is C17H28N4O2. The molecule has 0 aliphatic heterocycles. The maximum atomic E-state index is 12.5. The van der Waals surface area contributed by atoms with Crippen LogP contribution in [0.3, 0.4) is 0 Å². The minimum atomic E-state index is -0.268. The van der Waals surface area contributed by atoms with E-state index in [2.05, 4.69) is 20.6 Å². The summed E-state index contributed by atoms with van der Waals surface area (Å²) in [5, 5.41) is 5.99. The first-order valence-corrected chi connectivity index (χ1v) is 8.44. The number of rotatable bonds is 5. The number of hydrogen-bond acceptors (Lipinski definition) is 3. The van der Waals surface area contributed by atoms with Crippen LogP contribution in [0.4, 0.5) is 0 Å². The molecule has 1 aliphatic carbocycles. The predicted octanol–water partition coefficient (Wildman–Crippen LogP) is 1.79. The molecule has 6 nitrogen and oxygen atoms in total. The van der Waals surface area contributed by atoms with Gasteiger partial charge in [-0.05, 0) is 33.6 Å². The van der Waals surface area contributed by atoms with Crippen molar-refractivity contribution in [2.45, 2.75) is 58.4 Å². The third-order valence-corrected chi connectivity index (χ3v) is 4.19. The van der Waals surface area contributed by atoms with Gasteiger partial charge >= 0.3 is 0 Å². The predicted molar refractivity (Wildman–Crippen MR) is 88.6 cm³/mol. The van der Waals surface area contributed by atoms with Gasteiger partial charge in [0.1, 0.15) is 0 Å². The molecule has 0 aromatic carbocycles. The van der Waals surface area contributed by atoms with Gasteiger partial charge in [0.15, 0.2) is 0 Å². The SMILES string of the molecule is CC(C)(C)NC(=O)[C@@H]1CCCC[C@@H]1C(=O)NCCc1cnc[nH]1. The maximum absolute atomic E-state index is 12.5. The third kappa shape index (κ3) is 5.37. The van der Waals surface area contributed by atoms with Gasteiger partial charge in [-0.2, -0.15) is 0 Å². The molecule has 6 heteroatoms. The van der Waals surface area contributed by atoms with Gasteiger partial charge in [-0.3, -0.25) is 9.59 Å². The molecule has 2 atom stereocenters. The van der Waals surface area contributed by atoms with Crippen molar-refractivity contribution in [3.05, 3.63) is 18.2 Å². The van der Waals surface area contributed by atoms with Gasteiger partial charge in [-0.25, -0.2) is 4.98 Å². The number of nitrogens with one attached hydrogen (secondary N) is 3. The molecule has 0 saturated heterocycles. The Morgan fingerprint density at radius 1 is 1.22 bits per heavy atom. The first-order chi connectivity index (χ1) is 10.9. The van der Waals surface area contributed by atoms with Crippen LogP contribution in [-0.4, -0.2) is 33.9 Å². The Labute approximate surface area is 137 Å². The Morgan fingerprint density at radius 2 is 1.87 bits per heavy atom. The summed E-state index contributed by atoms with van der Waals surface area (Å²) in [7, 11) is 0. The lowest BCUT2D eigenvalue weighted by molar-refractivity contribution is -0.137. The van der Waals surface area contributed by atoms with Gasteiger partial charge in [0.05, 0.1) is 6.33 Å². The van der Waals surface area contributed by atoms with Crippen molar-refractivity contribution >= 4 is 11.8 Å². The fourth-order valence-electron chi connectivity index (χ4n) is 3.09. The standard InChI is InChI=1S/C17H28N4O2/c1-17(2,3)21-16(23)14-7-5-4-6-13(14)15(22)19-9-8-12-10-18-11-20-12/h10-11,13-14H,4-9H2,1-3H3,(H,18,20)(H,19,22)(H,21,23)/t13-,14+/m0/s1. The Morgan fingerprint density at radius 3 is 2.43 bits per heavy atom. The molecule has 0 radical (unpaired) electrons. The van der Waals surface area contributed by atoms with Crippen LogP contribution >= 0.6 is 0 Å². The molecule has 1 aliphatic rings. The van der Waals surface area contributed by atoms with Crippen molar-refractivity contribution in [2.24, 2.45) is 11.8 Å². The Kier molecular flexibility index (Phi) is 5.80. The van der Waals surface area contributed by atoms with E-state index in [0.717, 1.165) is 37.8 Å². The van der Waals surface area contributed by atoms with Gasteiger partial charge in [-0.1, -0.05) is 12.8 Å². The highest BCUT2D eigenvalue weighted by atomic mass is 16.2. The number of aromatic amines is 1. The Balaban J connectivity index is 1.88. The zero-order valence-corrected chi connectivity index (χ0v) is 14.3. The molecule has 128 valence electrons. The highest BCUT2D eigenvalue weighted by molar-refractivity contribution is 5.88. The number of carbonyl (C=O) groups is 2. The maximum Gasteiger partial charge on any atom is 0.224 e. The highest BCUT2D eigenvalue weighted by Gasteiger charge is 2.36. The van der Waals surface area contributed by atoms with E-state index in [4.69, 9.17) is 0 Å². The summed E-state index contributed by atoms with van der Waals surface area (Å²) in [6.45, 7) is 6.46. The second-order valence-corrected chi connectivity index (χ2v) is 7.35. The third-order valence-electron chi connectivity index (χ3n) is 4.19. The minimum absolute atomic E-state index is 0.00160. The zero-order chi connectivity index (χ0) is 16.9. The van der Waals surface area contributed by atoms with E-state index in [9.17, 15) is 9.59 Å². The first-order valence-electron chi connectivity index (χ1n) is 8.44. The van der Waals surface area contributed by atoms with E-state index in [1.54, 1.807) is 12.5 Å². The summed E-state index contributed by atoms with van der Waals surface area (Å²) in [6.07, 6.45) is 7.71. The van der Waals surface area contributed by atoms with Gasteiger partial charge in [0.25, 0.3) is 0 Å². The monoisotopic (exact) mass is 320 g/mol. The van der Waals surface area contributed by atoms with Crippen molar-refractivity contribution in [1.29, 1.82) is 0 Å². The molecule has 2 amide bonds. The molecule has 1 heterocycles. The fraction of sp³-hybridized carbons (Fsp3) is 0.706. The van der Waals surface area contributed by atoms with E-state index >= 15 is 0 Å². The van der Waals surface area contributed by atoms with E-state index in [0.29, 0.717) is 6.54 Å². The molecule has 3 N–H and O–H groups in total. The Bertz CT molecular complexity index is 519. The molecule has 0 bridgehead atoms. The summed E-state index contributed by atoms with van der Waals surface area (Å²) < 4.78 is 0. The largest absolute Gasteiger partial charge is 0.355 e. The van der Waals surface area contributed by atoms with Crippen LogP contribution in [-0.2, 0) is 16.0 Å². The normalized spacial score (nSPS) is 21.7. The number of amides is 2. The van der Waals surface area contributed by atoms with Crippen LogP contribution in [0.5, 0.6) is 0 Å². The summed E-state index contributed by atoms with van der Waals surface area (Å²) >= 11 is 0. The van der Waals surface area contributed by atoms with Crippen molar-refractivity contribution in [1.82, 2.24) is 20.6 Å². The first kappa shape index (κ1) is 17.5. The molecule has 1 saturated carbocycles. The number of imidazole rings is 1. The van der Waals surface area contributed by atoms with Gasteiger partial charge in [0, 0.05) is 42.2 Å². The smallest absolute Gasteiger partial charge is 0.224 e. The molecule has 2 rings (SSSR count). The lowest BCUT2D eigenvalue weighted by Crippen LogP contribution is -2.49. The van der Waals surface area contributed by atoms with Crippen molar-refractivity contribution in [2.75, 3.05) is 6.54 Å². The topological polar surface area (TPSA) is 86.9 Å². The lowest BCUT2D eigenvalue weighted by Gasteiger charge is -2.32. The van der Waals surface area contributed by atoms with E-state index < -0.39 is 0 Å². The van der Waals surface area contributed by atoms with Crippen LogP contribution in [0.1, 0.15) is 52.1 Å². The van der Waals surface area contributed by atoms with Crippen molar-refractivity contribution in [3.63, 3.8) is 0 Å². The van der Waals surface area contributed by atoms with Crippen LogP contribution < -0.4 is 10.6 Å². The van der Waals surface area contributed by atoms with E-state index in [1.165, 1.54) is 0 Å². The number of carbonyl (C=O) groups excluding carboxylic acids is 2. The van der Waals surface area contributed by atoms with Crippen LogP contribution in [0.15, 0.2) is 12.5 Å². The second kappa shape index (κ2) is 7.62. The summed E-state index contributed by atoms with van der Waals surface area (Å²) in [5.74, 6) is -0.424. The van der Waals surface area contributed by atoms with Crippen molar-refractivity contribution in [3.8, 4) is 0 Å². The second-order valence-electron chi connectivity index (χ2n) is 7.35. The molecule has 1 aromatic heterocycles. The minimum Gasteiger partial charge on any atom is -0.355 e. The number of aromatic nitrogens is 2. The van der Waals surface area contributed by atoms with Crippen molar-refractivity contribution < 1.29 is 9.59 Å².